The highest BCUT2D eigenvalue weighted by Crippen LogP contribution is 2.19. The molecule has 1 saturated heterocycles. The maximum atomic E-state index is 9.64. The van der Waals surface area contributed by atoms with Crippen LogP contribution in [0.2, 0.25) is 0 Å². The van der Waals surface area contributed by atoms with E-state index in [1.54, 1.807) is 0 Å². The Hall–Kier alpha value is -0.390. The van der Waals surface area contributed by atoms with Gasteiger partial charge in [0, 0.05) is 19.2 Å². The molecule has 1 N–H and O–H groups in total. The van der Waals surface area contributed by atoms with Crippen molar-refractivity contribution in [2.24, 2.45) is 5.92 Å². The SMILES string of the molecule is CC1CC(O)CN(Cc2cc(Br)no2)C1. The van der Waals surface area contributed by atoms with E-state index in [0.29, 0.717) is 5.92 Å². The molecule has 1 aliphatic rings. The van der Waals surface area contributed by atoms with E-state index >= 15 is 0 Å². The van der Waals surface area contributed by atoms with Gasteiger partial charge >= 0.3 is 0 Å². The van der Waals surface area contributed by atoms with E-state index in [9.17, 15) is 5.11 Å². The molecule has 2 unspecified atom stereocenters. The molecule has 5 heteroatoms. The quantitative estimate of drug-likeness (QED) is 0.891. The first-order valence-electron chi connectivity index (χ1n) is 5.15. The van der Waals surface area contributed by atoms with Crippen molar-refractivity contribution in [2.45, 2.75) is 26.0 Å². The number of aliphatic hydroxyl groups is 1. The minimum Gasteiger partial charge on any atom is -0.392 e. The summed E-state index contributed by atoms with van der Waals surface area (Å²) >= 11 is 3.25. The molecule has 1 fully saturated rings. The summed E-state index contributed by atoms with van der Waals surface area (Å²) in [5.74, 6) is 1.38. The Balaban J connectivity index is 1.94. The minimum absolute atomic E-state index is 0.208. The first-order chi connectivity index (χ1) is 7.13. The van der Waals surface area contributed by atoms with Gasteiger partial charge in [0.15, 0.2) is 5.76 Å². The van der Waals surface area contributed by atoms with E-state index in [0.717, 1.165) is 36.4 Å². The first-order valence-corrected chi connectivity index (χ1v) is 5.94. The fourth-order valence-corrected chi connectivity index (χ4v) is 2.47. The molecule has 1 aliphatic heterocycles. The van der Waals surface area contributed by atoms with Gasteiger partial charge in [-0.1, -0.05) is 12.1 Å². The number of piperidine rings is 1. The summed E-state index contributed by atoms with van der Waals surface area (Å²) in [4.78, 5) is 2.20. The van der Waals surface area contributed by atoms with Gasteiger partial charge < -0.3 is 9.63 Å². The van der Waals surface area contributed by atoms with Gasteiger partial charge in [-0.3, -0.25) is 4.90 Å². The Morgan fingerprint density at radius 2 is 2.47 bits per heavy atom. The standard InChI is InChI=1S/C10H15BrN2O2/c1-7-2-8(14)5-13(4-7)6-9-3-10(11)12-15-9/h3,7-8,14H,2,4-6H2,1H3. The van der Waals surface area contributed by atoms with Crippen LogP contribution < -0.4 is 0 Å². The third-order valence-electron chi connectivity index (χ3n) is 2.62. The van der Waals surface area contributed by atoms with Crippen LogP contribution in [-0.4, -0.2) is 34.4 Å². The van der Waals surface area contributed by atoms with Crippen molar-refractivity contribution >= 4 is 15.9 Å². The van der Waals surface area contributed by atoms with Crippen molar-refractivity contribution in [2.75, 3.05) is 13.1 Å². The van der Waals surface area contributed by atoms with E-state index in [1.165, 1.54) is 0 Å². The summed E-state index contributed by atoms with van der Waals surface area (Å²) in [5.41, 5.74) is 0. The predicted octanol–water partition coefficient (Wildman–Crippen LogP) is 1.64. The van der Waals surface area contributed by atoms with Crippen molar-refractivity contribution in [3.8, 4) is 0 Å². The topological polar surface area (TPSA) is 49.5 Å². The molecule has 1 aromatic heterocycles. The molecule has 84 valence electrons. The van der Waals surface area contributed by atoms with Crippen LogP contribution in [0.3, 0.4) is 0 Å². The zero-order chi connectivity index (χ0) is 10.8. The molecule has 0 bridgehead atoms. The van der Waals surface area contributed by atoms with E-state index in [1.807, 2.05) is 6.07 Å². The number of hydrogen-bond donors (Lipinski definition) is 1. The number of rotatable bonds is 2. The lowest BCUT2D eigenvalue weighted by atomic mass is 9.98. The van der Waals surface area contributed by atoms with Gasteiger partial charge in [-0.25, -0.2) is 0 Å². The van der Waals surface area contributed by atoms with E-state index in [-0.39, 0.29) is 6.10 Å². The van der Waals surface area contributed by atoms with Gasteiger partial charge in [-0.05, 0) is 28.3 Å². The summed E-state index contributed by atoms with van der Waals surface area (Å²) in [7, 11) is 0. The van der Waals surface area contributed by atoms with Crippen LogP contribution in [0.4, 0.5) is 0 Å². The second kappa shape index (κ2) is 4.63. The van der Waals surface area contributed by atoms with E-state index < -0.39 is 0 Å². The van der Waals surface area contributed by atoms with Crippen molar-refractivity contribution in [3.05, 3.63) is 16.4 Å². The van der Waals surface area contributed by atoms with Crippen LogP contribution in [0.5, 0.6) is 0 Å². The Kier molecular flexibility index (Phi) is 3.43. The molecular weight excluding hydrogens is 260 g/mol. The molecule has 0 aromatic carbocycles. The summed E-state index contributed by atoms with van der Waals surface area (Å²) in [5, 5.41) is 13.4. The zero-order valence-electron chi connectivity index (χ0n) is 8.69. The Labute approximate surface area is 97.4 Å². The third kappa shape index (κ3) is 3.03. The monoisotopic (exact) mass is 274 g/mol. The van der Waals surface area contributed by atoms with Gasteiger partial charge in [0.25, 0.3) is 0 Å². The zero-order valence-corrected chi connectivity index (χ0v) is 10.3. The van der Waals surface area contributed by atoms with Crippen molar-refractivity contribution in [1.82, 2.24) is 10.1 Å². The van der Waals surface area contributed by atoms with Crippen LogP contribution >= 0.6 is 15.9 Å². The lowest BCUT2D eigenvalue weighted by Crippen LogP contribution is -2.41. The third-order valence-corrected chi connectivity index (χ3v) is 3.00. The average molecular weight is 275 g/mol. The van der Waals surface area contributed by atoms with Gasteiger partial charge in [0.2, 0.25) is 0 Å². The van der Waals surface area contributed by atoms with Crippen molar-refractivity contribution in [3.63, 3.8) is 0 Å². The van der Waals surface area contributed by atoms with Crippen LogP contribution in [0.25, 0.3) is 0 Å². The summed E-state index contributed by atoms with van der Waals surface area (Å²) in [6.07, 6.45) is 0.691. The highest BCUT2D eigenvalue weighted by molar-refractivity contribution is 9.10. The number of likely N-dealkylation sites (tertiary alicyclic amines) is 1. The normalized spacial score (nSPS) is 28.2. The van der Waals surface area contributed by atoms with Crippen LogP contribution in [-0.2, 0) is 6.54 Å². The number of aromatic nitrogens is 1. The van der Waals surface area contributed by atoms with E-state index in [2.05, 4.69) is 32.9 Å². The van der Waals surface area contributed by atoms with Gasteiger partial charge in [-0.2, -0.15) is 0 Å². The molecule has 0 aliphatic carbocycles. The van der Waals surface area contributed by atoms with E-state index in [4.69, 9.17) is 4.52 Å². The molecule has 2 heterocycles. The molecule has 0 saturated carbocycles. The number of hydrogen-bond acceptors (Lipinski definition) is 4. The molecule has 0 amide bonds. The Bertz CT molecular complexity index is 319. The number of halogens is 1. The maximum absolute atomic E-state index is 9.64. The first kappa shape index (κ1) is 11.1. The second-order valence-corrected chi connectivity index (χ2v) is 5.12. The molecule has 2 rings (SSSR count). The summed E-state index contributed by atoms with van der Waals surface area (Å²) in [6.45, 7) is 4.61. The van der Waals surface area contributed by atoms with Crippen molar-refractivity contribution < 1.29 is 9.63 Å². The largest absolute Gasteiger partial charge is 0.392 e. The molecular formula is C10H15BrN2O2. The van der Waals surface area contributed by atoms with Crippen LogP contribution in [0, 0.1) is 5.92 Å². The summed E-state index contributed by atoms with van der Waals surface area (Å²) < 4.78 is 5.84. The number of β-amino-alcohol motifs (C(OH)–C–C–N with tert-alkyl or cyclic N) is 1. The van der Waals surface area contributed by atoms with Gasteiger partial charge in [-0.15, -0.1) is 0 Å². The Morgan fingerprint density at radius 3 is 3.07 bits per heavy atom. The highest BCUT2D eigenvalue weighted by atomic mass is 79.9. The molecule has 15 heavy (non-hydrogen) atoms. The fraction of sp³-hybridized carbons (Fsp3) is 0.700. The second-order valence-electron chi connectivity index (χ2n) is 4.30. The minimum atomic E-state index is -0.208. The number of aliphatic hydroxyl groups excluding tert-OH is 1. The highest BCUT2D eigenvalue weighted by Gasteiger charge is 2.23. The smallest absolute Gasteiger partial charge is 0.151 e. The van der Waals surface area contributed by atoms with Gasteiger partial charge in [0.05, 0.1) is 12.6 Å². The molecule has 1 aromatic rings. The molecule has 0 spiro atoms. The lowest BCUT2D eigenvalue weighted by molar-refractivity contribution is 0.0368. The summed E-state index contributed by atoms with van der Waals surface area (Å²) in [6, 6.07) is 1.87. The fourth-order valence-electron chi connectivity index (χ4n) is 2.14. The Morgan fingerprint density at radius 1 is 1.67 bits per heavy atom. The van der Waals surface area contributed by atoms with Crippen LogP contribution in [0.1, 0.15) is 19.1 Å². The molecule has 4 nitrogen and oxygen atoms in total. The van der Waals surface area contributed by atoms with Gasteiger partial charge in [0.1, 0.15) is 4.60 Å². The van der Waals surface area contributed by atoms with Crippen LogP contribution in [0.15, 0.2) is 15.2 Å². The lowest BCUT2D eigenvalue weighted by Gasteiger charge is -2.33. The van der Waals surface area contributed by atoms with Crippen molar-refractivity contribution in [1.29, 1.82) is 0 Å². The average Bonchev–Trinajstić information content (AvgIpc) is 2.49. The predicted molar refractivity (Wildman–Crippen MR) is 59.3 cm³/mol. The molecule has 2 atom stereocenters. The maximum Gasteiger partial charge on any atom is 0.151 e. The number of nitrogens with zero attached hydrogens (tertiary/aromatic N) is 2. The molecule has 0 radical (unpaired) electrons.